The lowest BCUT2D eigenvalue weighted by Gasteiger charge is -2.36. The van der Waals surface area contributed by atoms with Gasteiger partial charge in [-0.05, 0) is 31.9 Å². The van der Waals surface area contributed by atoms with Crippen LogP contribution in [0.3, 0.4) is 0 Å². The number of likely N-dealkylation sites (tertiary alicyclic amines) is 1. The van der Waals surface area contributed by atoms with Gasteiger partial charge in [-0.1, -0.05) is 6.07 Å². The lowest BCUT2D eigenvalue weighted by Crippen LogP contribution is -2.45. The monoisotopic (exact) mass is 272 g/mol. The quantitative estimate of drug-likeness (QED) is 0.886. The van der Waals surface area contributed by atoms with Gasteiger partial charge in [-0.15, -0.1) is 0 Å². The number of hydrogen-bond acceptors (Lipinski definition) is 4. The zero-order valence-corrected chi connectivity index (χ0v) is 11.7. The Bertz CT molecular complexity index is 666. The number of nitrogens with two attached hydrogens (primary N) is 1. The maximum Gasteiger partial charge on any atom is 0.258 e. The van der Waals surface area contributed by atoms with E-state index in [2.05, 4.69) is 16.8 Å². The standard InChI is InChI=1S/C15H20N4O/c1-11-8-12(16)5-7-18(11)10-13-9-15(20)19-6-3-2-4-14(19)17-13/h2-4,6,9,11-12H,5,7-8,10,16H2,1H3. The van der Waals surface area contributed by atoms with Crippen LogP contribution in [0.15, 0.2) is 35.3 Å². The van der Waals surface area contributed by atoms with Crippen molar-refractivity contribution in [3.63, 3.8) is 0 Å². The molecule has 1 aliphatic rings. The van der Waals surface area contributed by atoms with Crippen molar-refractivity contribution in [3.8, 4) is 0 Å². The molecule has 106 valence electrons. The predicted octanol–water partition coefficient (Wildman–Crippen LogP) is 1.01. The second-order valence-electron chi connectivity index (χ2n) is 5.62. The fourth-order valence-corrected chi connectivity index (χ4v) is 2.88. The molecule has 2 aromatic heterocycles. The molecule has 2 unspecified atom stereocenters. The molecule has 5 heteroatoms. The van der Waals surface area contributed by atoms with E-state index in [1.807, 2.05) is 18.2 Å². The third kappa shape index (κ3) is 2.59. The van der Waals surface area contributed by atoms with Crippen molar-refractivity contribution in [1.29, 1.82) is 0 Å². The fourth-order valence-electron chi connectivity index (χ4n) is 2.88. The number of nitrogens with zero attached hydrogens (tertiary/aromatic N) is 3. The van der Waals surface area contributed by atoms with Gasteiger partial charge in [-0.2, -0.15) is 0 Å². The average molecular weight is 272 g/mol. The molecule has 1 saturated heterocycles. The Hall–Kier alpha value is -1.72. The molecule has 2 aromatic rings. The summed E-state index contributed by atoms with van der Waals surface area (Å²) in [5.74, 6) is 0. The molecule has 5 nitrogen and oxygen atoms in total. The molecule has 3 rings (SSSR count). The minimum Gasteiger partial charge on any atom is -0.328 e. The van der Waals surface area contributed by atoms with Crippen LogP contribution in [0.25, 0.3) is 5.65 Å². The van der Waals surface area contributed by atoms with Crippen LogP contribution in [0.5, 0.6) is 0 Å². The highest BCUT2D eigenvalue weighted by Gasteiger charge is 2.23. The third-order valence-corrected chi connectivity index (χ3v) is 4.04. The van der Waals surface area contributed by atoms with Crippen LogP contribution in [0, 0.1) is 0 Å². The molecule has 0 radical (unpaired) electrons. The SMILES string of the molecule is CC1CC(N)CCN1Cc1cc(=O)n2ccccc2n1. The Morgan fingerprint density at radius 1 is 1.45 bits per heavy atom. The van der Waals surface area contributed by atoms with E-state index in [1.165, 1.54) is 0 Å². The Morgan fingerprint density at radius 3 is 3.10 bits per heavy atom. The van der Waals surface area contributed by atoms with Gasteiger partial charge in [0.2, 0.25) is 0 Å². The normalized spacial score (nSPS) is 24.1. The number of piperidine rings is 1. The van der Waals surface area contributed by atoms with Gasteiger partial charge in [0.05, 0.1) is 5.69 Å². The van der Waals surface area contributed by atoms with Gasteiger partial charge in [0.15, 0.2) is 0 Å². The highest BCUT2D eigenvalue weighted by Crippen LogP contribution is 2.17. The summed E-state index contributed by atoms with van der Waals surface area (Å²) in [4.78, 5) is 19.0. The number of fused-ring (bicyclic) bond motifs is 1. The summed E-state index contributed by atoms with van der Waals surface area (Å²) in [6.45, 7) is 3.87. The van der Waals surface area contributed by atoms with E-state index < -0.39 is 0 Å². The molecule has 20 heavy (non-hydrogen) atoms. The first-order chi connectivity index (χ1) is 9.63. The zero-order chi connectivity index (χ0) is 14.1. The first kappa shape index (κ1) is 13.3. The van der Waals surface area contributed by atoms with Gasteiger partial charge in [0, 0.05) is 37.4 Å². The lowest BCUT2D eigenvalue weighted by atomic mass is 9.99. The van der Waals surface area contributed by atoms with Crippen LogP contribution in [-0.4, -0.2) is 32.9 Å². The summed E-state index contributed by atoms with van der Waals surface area (Å²) >= 11 is 0. The van der Waals surface area contributed by atoms with Crippen LogP contribution < -0.4 is 11.3 Å². The molecule has 1 aliphatic heterocycles. The smallest absolute Gasteiger partial charge is 0.258 e. The Balaban J connectivity index is 1.86. The van der Waals surface area contributed by atoms with Crippen molar-refractivity contribution < 1.29 is 0 Å². The second-order valence-corrected chi connectivity index (χ2v) is 5.62. The van der Waals surface area contributed by atoms with Gasteiger partial charge in [-0.3, -0.25) is 14.1 Å². The molecule has 0 spiro atoms. The molecule has 3 heterocycles. The summed E-state index contributed by atoms with van der Waals surface area (Å²) in [5.41, 5.74) is 7.50. The highest BCUT2D eigenvalue weighted by molar-refractivity contribution is 5.37. The predicted molar refractivity (Wildman–Crippen MR) is 78.5 cm³/mol. The number of pyridine rings is 1. The molecule has 0 amide bonds. The lowest BCUT2D eigenvalue weighted by molar-refractivity contribution is 0.138. The molecule has 0 aliphatic carbocycles. The topological polar surface area (TPSA) is 63.6 Å². The van der Waals surface area contributed by atoms with Crippen molar-refractivity contribution in [2.75, 3.05) is 6.54 Å². The summed E-state index contributed by atoms with van der Waals surface area (Å²) in [6, 6.07) is 7.97. The molecular weight excluding hydrogens is 252 g/mol. The maximum absolute atomic E-state index is 12.1. The number of aromatic nitrogens is 2. The van der Waals surface area contributed by atoms with Crippen LogP contribution in [-0.2, 0) is 6.54 Å². The molecule has 1 fully saturated rings. The largest absolute Gasteiger partial charge is 0.328 e. The summed E-state index contributed by atoms with van der Waals surface area (Å²) < 4.78 is 1.57. The van der Waals surface area contributed by atoms with Gasteiger partial charge < -0.3 is 5.73 Å². The van der Waals surface area contributed by atoms with E-state index in [4.69, 9.17) is 5.73 Å². The van der Waals surface area contributed by atoms with Crippen molar-refractivity contribution in [1.82, 2.24) is 14.3 Å². The first-order valence-corrected chi connectivity index (χ1v) is 7.10. The second kappa shape index (κ2) is 5.34. The Kier molecular flexibility index (Phi) is 3.54. The summed E-state index contributed by atoms with van der Waals surface area (Å²) in [6.07, 6.45) is 3.76. The van der Waals surface area contributed by atoms with E-state index in [0.29, 0.717) is 24.3 Å². The Labute approximate surface area is 118 Å². The summed E-state index contributed by atoms with van der Waals surface area (Å²) in [7, 11) is 0. The van der Waals surface area contributed by atoms with Crippen LogP contribution in [0.1, 0.15) is 25.5 Å². The molecule has 0 bridgehead atoms. The van der Waals surface area contributed by atoms with Gasteiger partial charge in [0.25, 0.3) is 5.56 Å². The number of hydrogen-bond donors (Lipinski definition) is 1. The minimum absolute atomic E-state index is 0.0213. The average Bonchev–Trinajstić information content (AvgIpc) is 2.42. The van der Waals surface area contributed by atoms with Crippen molar-refractivity contribution in [2.45, 2.75) is 38.4 Å². The molecule has 0 aromatic carbocycles. The van der Waals surface area contributed by atoms with Crippen molar-refractivity contribution in [2.24, 2.45) is 5.73 Å². The van der Waals surface area contributed by atoms with E-state index in [1.54, 1.807) is 16.7 Å². The van der Waals surface area contributed by atoms with Gasteiger partial charge in [-0.25, -0.2) is 4.98 Å². The van der Waals surface area contributed by atoms with Crippen molar-refractivity contribution >= 4 is 5.65 Å². The zero-order valence-electron chi connectivity index (χ0n) is 11.7. The van der Waals surface area contributed by atoms with Crippen LogP contribution in [0.4, 0.5) is 0 Å². The maximum atomic E-state index is 12.1. The minimum atomic E-state index is -0.0213. The van der Waals surface area contributed by atoms with E-state index >= 15 is 0 Å². The molecule has 2 N–H and O–H groups in total. The highest BCUT2D eigenvalue weighted by atomic mass is 16.1. The first-order valence-electron chi connectivity index (χ1n) is 7.10. The molecule has 2 atom stereocenters. The van der Waals surface area contributed by atoms with Gasteiger partial charge >= 0.3 is 0 Å². The van der Waals surface area contributed by atoms with Crippen LogP contribution >= 0.6 is 0 Å². The number of rotatable bonds is 2. The van der Waals surface area contributed by atoms with E-state index in [-0.39, 0.29) is 5.56 Å². The molecule has 0 saturated carbocycles. The van der Waals surface area contributed by atoms with E-state index in [0.717, 1.165) is 25.1 Å². The van der Waals surface area contributed by atoms with Crippen molar-refractivity contribution in [3.05, 3.63) is 46.5 Å². The fraction of sp³-hybridized carbons (Fsp3) is 0.467. The van der Waals surface area contributed by atoms with Crippen LogP contribution in [0.2, 0.25) is 0 Å². The summed E-state index contributed by atoms with van der Waals surface area (Å²) in [5, 5.41) is 0. The molecular formula is C15H20N4O. The Morgan fingerprint density at radius 2 is 2.30 bits per heavy atom. The third-order valence-electron chi connectivity index (χ3n) is 4.04. The van der Waals surface area contributed by atoms with E-state index in [9.17, 15) is 4.79 Å². The van der Waals surface area contributed by atoms with Gasteiger partial charge in [0.1, 0.15) is 5.65 Å².